The molecule has 2 fully saturated rings. The molecule has 2 saturated heterocycles. The molecular weight excluding hydrogens is 368 g/mol. The fourth-order valence-electron chi connectivity index (χ4n) is 3.78. The monoisotopic (exact) mass is 388 g/mol. The van der Waals surface area contributed by atoms with Crippen molar-refractivity contribution in [2.24, 2.45) is 0 Å². The number of aromatic amines is 1. The van der Waals surface area contributed by atoms with Crippen LogP contribution < -0.4 is 5.32 Å². The van der Waals surface area contributed by atoms with Gasteiger partial charge in [0.05, 0.1) is 6.04 Å². The number of nitrogens with zero attached hydrogens (tertiary/aromatic N) is 4. The maximum Gasteiger partial charge on any atom is 0.323 e. The molecule has 1 atom stereocenters. The smallest absolute Gasteiger partial charge is 0.323 e. The second-order valence-corrected chi connectivity index (χ2v) is 7.29. The molecule has 9 heteroatoms. The van der Waals surface area contributed by atoms with Crippen LogP contribution in [0.1, 0.15) is 47.8 Å². The first kappa shape index (κ1) is 17.8. The lowest BCUT2D eigenvalue weighted by Crippen LogP contribution is -2.35. The van der Waals surface area contributed by atoms with Crippen molar-refractivity contribution in [2.45, 2.75) is 31.7 Å². The number of hydrogen-bond acceptors (Lipinski definition) is 4. The Kier molecular flexibility index (Phi) is 4.98. The van der Waals surface area contributed by atoms with Gasteiger partial charge in [-0.25, -0.2) is 4.79 Å². The number of carbonyl (C=O) groups excluding carboxylic acids is 2. The van der Waals surface area contributed by atoms with Gasteiger partial charge in [0.2, 0.25) is 0 Å². The Morgan fingerprint density at radius 3 is 2.74 bits per heavy atom. The summed E-state index contributed by atoms with van der Waals surface area (Å²) in [4.78, 5) is 28.9. The number of halogens is 1. The lowest BCUT2D eigenvalue weighted by atomic mass is 10.1. The average Bonchev–Trinajstić information content (AvgIpc) is 3.41. The Bertz CT molecular complexity index is 848. The normalized spacial score (nSPS) is 19.5. The number of amides is 3. The number of aromatic nitrogens is 3. The first-order chi connectivity index (χ1) is 13.1. The number of carbonyl (C=O) groups is 2. The first-order valence-electron chi connectivity index (χ1n) is 9.16. The number of rotatable bonds is 3. The van der Waals surface area contributed by atoms with E-state index in [0.29, 0.717) is 24.7 Å². The summed E-state index contributed by atoms with van der Waals surface area (Å²) >= 11 is 6.10. The molecule has 0 bridgehead atoms. The highest BCUT2D eigenvalue weighted by molar-refractivity contribution is 6.30. The third kappa shape index (κ3) is 3.62. The largest absolute Gasteiger partial charge is 0.337 e. The zero-order chi connectivity index (χ0) is 18.8. The van der Waals surface area contributed by atoms with Crippen LogP contribution in [-0.2, 0) is 0 Å². The summed E-state index contributed by atoms with van der Waals surface area (Å²) in [7, 11) is 0. The Hall–Kier alpha value is -2.61. The highest BCUT2D eigenvalue weighted by Crippen LogP contribution is 2.33. The van der Waals surface area contributed by atoms with Gasteiger partial charge in [0.1, 0.15) is 0 Å². The van der Waals surface area contributed by atoms with Gasteiger partial charge in [-0.05, 0) is 43.4 Å². The van der Waals surface area contributed by atoms with Crippen LogP contribution in [0.3, 0.4) is 0 Å². The molecule has 1 aromatic heterocycles. The highest BCUT2D eigenvalue weighted by atomic mass is 35.5. The van der Waals surface area contributed by atoms with Crippen LogP contribution in [0, 0.1) is 0 Å². The molecule has 3 amide bonds. The number of urea groups is 1. The Morgan fingerprint density at radius 1 is 1.15 bits per heavy atom. The van der Waals surface area contributed by atoms with Gasteiger partial charge in [-0.2, -0.15) is 5.21 Å². The molecule has 0 radical (unpaired) electrons. The number of H-pyrrole nitrogens is 1. The molecule has 142 valence electrons. The molecule has 0 saturated carbocycles. The van der Waals surface area contributed by atoms with E-state index < -0.39 is 0 Å². The van der Waals surface area contributed by atoms with Crippen LogP contribution in [0.2, 0.25) is 5.02 Å². The fourth-order valence-corrected chi connectivity index (χ4v) is 3.98. The van der Waals surface area contributed by atoms with Crippen molar-refractivity contribution in [3.63, 3.8) is 0 Å². The lowest BCUT2D eigenvalue weighted by molar-refractivity contribution is 0.0788. The second-order valence-electron chi connectivity index (χ2n) is 6.86. The zero-order valence-electron chi connectivity index (χ0n) is 14.8. The van der Waals surface area contributed by atoms with Crippen LogP contribution in [0.15, 0.2) is 24.3 Å². The van der Waals surface area contributed by atoms with E-state index in [1.54, 1.807) is 9.80 Å². The van der Waals surface area contributed by atoms with Crippen LogP contribution >= 0.6 is 11.6 Å². The molecule has 27 heavy (non-hydrogen) atoms. The summed E-state index contributed by atoms with van der Waals surface area (Å²) < 4.78 is 0. The summed E-state index contributed by atoms with van der Waals surface area (Å²) in [6, 6.07) is 7.22. The predicted octanol–water partition coefficient (Wildman–Crippen LogP) is 3.06. The lowest BCUT2D eigenvalue weighted by Gasteiger charge is -2.25. The molecule has 2 aliphatic heterocycles. The molecule has 4 rings (SSSR count). The van der Waals surface area contributed by atoms with Gasteiger partial charge in [0.25, 0.3) is 5.91 Å². The minimum atomic E-state index is -0.290. The summed E-state index contributed by atoms with van der Waals surface area (Å²) in [5, 5.41) is 13.8. The Morgan fingerprint density at radius 2 is 1.96 bits per heavy atom. The minimum Gasteiger partial charge on any atom is -0.337 e. The zero-order valence-corrected chi connectivity index (χ0v) is 15.6. The van der Waals surface area contributed by atoms with Gasteiger partial charge in [-0.1, -0.05) is 23.7 Å². The van der Waals surface area contributed by atoms with Crippen LogP contribution in [0.4, 0.5) is 10.6 Å². The molecule has 2 aromatic rings. The fraction of sp³-hybridized carbons (Fsp3) is 0.444. The standard InChI is InChI=1S/C18H21ClN6O2/c19-13-6-3-5-12(11-13)14-7-4-10-25(14)18(27)20-16-15(21-23-22-16)17(26)24-8-1-2-9-24/h3,5-6,11,14H,1-2,4,7-10H2,(H2,20,21,22,23,27). The molecule has 8 nitrogen and oxygen atoms in total. The highest BCUT2D eigenvalue weighted by Gasteiger charge is 2.32. The van der Waals surface area contributed by atoms with Crippen molar-refractivity contribution in [3.8, 4) is 0 Å². The van der Waals surface area contributed by atoms with E-state index in [1.165, 1.54) is 0 Å². The van der Waals surface area contributed by atoms with Gasteiger partial charge >= 0.3 is 6.03 Å². The third-order valence-corrected chi connectivity index (χ3v) is 5.35. The number of benzene rings is 1. The van der Waals surface area contributed by atoms with Crippen LogP contribution in [0.25, 0.3) is 0 Å². The van der Waals surface area contributed by atoms with Gasteiger partial charge in [-0.3, -0.25) is 10.1 Å². The summed E-state index contributed by atoms with van der Waals surface area (Å²) in [6.45, 7) is 2.06. The molecule has 1 aromatic carbocycles. The first-order valence-corrected chi connectivity index (χ1v) is 9.54. The molecule has 3 heterocycles. The molecule has 2 N–H and O–H groups in total. The number of anilines is 1. The van der Waals surface area contributed by atoms with Crippen LogP contribution in [0.5, 0.6) is 0 Å². The van der Waals surface area contributed by atoms with Crippen molar-refractivity contribution >= 4 is 29.4 Å². The van der Waals surface area contributed by atoms with Gasteiger partial charge < -0.3 is 9.80 Å². The number of hydrogen-bond donors (Lipinski definition) is 2. The topological polar surface area (TPSA) is 94.2 Å². The predicted molar refractivity (Wildman–Crippen MR) is 101 cm³/mol. The van der Waals surface area contributed by atoms with Crippen molar-refractivity contribution in [2.75, 3.05) is 25.0 Å². The van der Waals surface area contributed by atoms with E-state index in [1.807, 2.05) is 24.3 Å². The third-order valence-electron chi connectivity index (χ3n) is 5.12. The molecule has 2 aliphatic rings. The van der Waals surface area contributed by atoms with E-state index in [4.69, 9.17) is 11.6 Å². The van der Waals surface area contributed by atoms with E-state index in [-0.39, 0.29) is 29.5 Å². The van der Waals surface area contributed by atoms with Crippen molar-refractivity contribution in [1.29, 1.82) is 0 Å². The van der Waals surface area contributed by atoms with Crippen molar-refractivity contribution in [1.82, 2.24) is 25.2 Å². The molecule has 0 aliphatic carbocycles. The summed E-state index contributed by atoms with van der Waals surface area (Å²) in [5.74, 6) is -0.0296. The second kappa shape index (κ2) is 7.56. The number of nitrogens with one attached hydrogen (secondary N) is 2. The van der Waals surface area contributed by atoms with Crippen molar-refractivity contribution < 1.29 is 9.59 Å². The Balaban J connectivity index is 1.49. The quantitative estimate of drug-likeness (QED) is 0.844. The molecule has 0 spiro atoms. The molecule has 1 unspecified atom stereocenters. The van der Waals surface area contributed by atoms with Gasteiger partial charge in [0, 0.05) is 24.7 Å². The van der Waals surface area contributed by atoms with E-state index in [0.717, 1.165) is 31.2 Å². The minimum absolute atomic E-state index is 0.0478. The SMILES string of the molecule is O=C(c1n[nH]nc1NC(=O)N1CCCC1c1cccc(Cl)c1)N1CCCC1. The average molecular weight is 389 g/mol. The van der Waals surface area contributed by atoms with Gasteiger partial charge in [0.15, 0.2) is 11.5 Å². The van der Waals surface area contributed by atoms with Crippen molar-refractivity contribution in [3.05, 3.63) is 40.5 Å². The number of likely N-dealkylation sites (tertiary alicyclic amines) is 2. The summed E-state index contributed by atoms with van der Waals surface area (Å²) in [5.41, 5.74) is 1.16. The van der Waals surface area contributed by atoms with Crippen LogP contribution in [-0.4, -0.2) is 56.8 Å². The summed E-state index contributed by atoms with van der Waals surface area (Å²) in [6.07, 6.45) is 3.75. The Labute approximate surface area is 161 Å². The van der Waals surface area contributed by atoms with E-state index >= 15 is 0 Å². The maximum atomic E-state index is 12.9. The van der Waals surface area contributed by atoms with E-state index in [9.17, 15) is 9.59 Å². The van der Waals surface area contributed by atoms with E-state index in [2.05, 4.69) is 20.7 Å². The van der Waals surface area contributed by atoms with Gasteiger partial charge in [-0.15, -0.1) is 10.2 Å². The molecular formula is C18H21ClN6O2. The maximum absolute atomic E-state index is 12.9.